The van der Waals surface area contributed by atoms with Gasteiger partial charge in [-0.2, -0.15) is 0 Å². The van der Waals surface area contributed by atoms with E-state index in [1.807, 2.05) is 0 Å². The van der Waals surface area contributed by atoms with Gasteiger partial charge in [0.2, 0.25) is 0 Å². The fourth-order valence-corrected chi connectivity index (χ4v) is 5.77. The first kappa shape index (κ1) is 12.0. The van der Waals surface area contributed by atoms with Crippen molar-refractivity contribution in [3.63, 3.8) is 0 Å². The number of benzene rings is 1. The van der Waals surface area contributed by atoms with Gasteiger partial charge in [-0.1, -0.05) is 38.1 Å². The SMILES string of the molecule is CC(C)c1ccccc1C1C2CC3CC(C2)CC1C3. The van der Waals surface area contributed by atoms with E-state index in [0.29, 0.717) is 5.92 Å². The molecule has 4 aliphatic rings. The smallest absolute Gasteiger partial charge is 0.0102 e. The Bertz CT molecular complexity index is 443. The predicted molar refractivity (Wildman–Crippen MR) is 80.3 cm³/mol. The van der Waals surface area contributed by atoms with Gasteiger partial charge in [-0.15, -0.1) is 0 Å². The van der Waals surface area contributed by atoms with Crippen molar-refractivity contribution in [3.8, 4) is 0 Å². The maximum atomic E-state index is 2.45. The molecule has 0 aromatic heterocycles. The predicted octanol–water partition coefficient (Wildman–Crippen LogP) is 5.35. The third-order valence-corrected chi connectivity index (χ3v) is 6.20. The quantitative estimate of drug-likeness (QED) is 0.667. The molecule has 4 bridgehead atoms. The lowest BCUT2D eigenvalue weighted by Gasteiger charge is -2.55. The Morgan fingerprint density at radius 1 is 0.842 bits per heavy atom. The molecule has 102 valence electrons. The number of rotatable bonds is 2. The maximum Gasteiger partial charge on any atom is -0.0102 e. The molecule has 1 aromatic carbocycles. The Morgan fingerprint density at radius 2 is 1.42 bits per heavy atom. The summed E-state index contributed by atoms with van der Waals surface area (Å²) in [5.74, 6) is 5.77. The molecule has 0 heterocycles. The zero-order valence-electron chi connectivity index (χ0n) is 12.3. The molecule has 1 aromatic rings. The van der Waals surface area contributed by atoms with Gasteiger partial charge in [-0.05, 0) is 78.7 Å². The van der Waals surface area contributed by atoms with Crippen LogP contribution in [0, 0.1) is 23.7 Å². The topological polar surface area (TPSA) is 0 Å². The summed E-state index contributed by atoms with van der Waals surface area (Å²) >= 11 is 0. The highest BCUT2D eigenvalue weighted by atomic mass is 14.5. The van der Waals surface area contributed by atoms with Crippen molar-refractivity contribution >= 4 is 0 Å². The molecule has 19 heavy (non-hydrogen) atoms. The molecule has 4 fully saturated rings. The third-order valence-electron chi connectivity index (χ3n) is 6.20. The molecule has 0 unspecified atom stereocenters. The first-order chi connectivity index (χ1) is 9.22. The van der Waals surface area contributed by atoms with Crippen LogP contribution in [-0.2, 0) is 0 Å². The lowest BCUT2D eigenvalue weighted by molar-refractivity contribution is -0.00311. The molecular formula is C19H26. The van der Waals surface area contributed by atoms with Crippen molar-refractivity contribution in [2.24, 2.45) is 23.7 Å². The van der Waals surface area contributed by atoms with E-state index >= 15 is 0 Å². The van der Waals surface area contributed by atoms with E-state index in [1.165, 1.54) is 25.7 Å². The molecule has 0 heteroatoms. The van der Waals surface area contributed by atoms with Crippen LogP contribution in [0.4, 0.5) is 0 Å². The molecule has 0 N–H and O–H groups in total. The maximum absolute atomic E-state index is 2.45. The van der Waals surface area contributed by atoms with Gasteiger partial charge in [0.15, 0.2) is 0 Å². The molecule has 4 aliphatic carbocycles. The highest BCUT2D eigenvalue weighted by Gasteiger charge is 2.48. The van der Waals surface area contributed by atoms with Crippen LogP contribution in [0.2, 0.25) is 0 Å². The van der Waals surface area contributed by atoms with E-state index < -0.39 is 0 Å². The van der Waals surface area contributed by atoms with Gasteiger partial charge >= 0.3 is 0 Å². The van der Waals surface area contributed by atoms with Gasteiger partial charge in [-0.3, -0.25) is 0 Å². The zero-order valence-corrected chi connectivity index (χ0v) is 12.3. The Labute approximate surface area is 117 Å². The Kier molecular flexibility index (Phi) is 2.76. The molecule has 4 saturated carbocycles. The molecule has 0 spiro atoms. The fraction of sp³-hybridized carbons (Fsp3) is 0.684. The number of hydrogen-bond donors (Lipinski definition) is 0. The summed E-state index contributed by atoms with van der Waals surface area (Å²) in [5.41, 5.74) is 3.34. The molecule has 0 radical (unpaired) electrons. The summed E-state index contributed by atoms with van der Waals surface area (Å²) in [4.78, 5) is 0. The van der Waals surface area contributed by atoms with Crippen LogP contribution in [0.5, 0.6) is 0 Å². The molecular weight excluding hydrogens is 228 g/mol. The van der Waals surface area contributed by atoms with Gasteiger partial charge in [-0.25, -0.2) is 0 Å². The lowest BCUT2D eigenvalue weighted by atomic mass is 9.50. The van der Waals surface area contributed by atoms with Crippen LogP contribution >= 0.6 is 0 Å². The average molecular weight is 254 g/mol. The highest BCUT2D eigenvalue weighted by molar-refractivity contribution is 5.35. The van der Waals surface area contributed by atoms with Crippen LogP contribution in [0.25, 0.3) is 0 Å². The normalized spacial score (nSPS) is 40.1. The fourth-order valence-electron chi connectivity index (χ4n) is 5.77. The second-order valence-electron chi connectivity index (χ2n) is 7.74. The largest absolute Gasteiger partial charge is 0.0620 e. The van der Waals surface area contributed by atoms with E-state index in [9.17, 15) is 0 Å². The summed E-state index contributed by atoms with van der Waals surface area (Å²) in [6, 6.07) is 9.33. The van der Waals surface area contributed by atoms with Crippen molar-refractivity contribution in [2.45, 2.75) is 57.8 Å². The zero-order chi connectivity index (χ0) is 13.0. The first-order valence-corrected chi connectivity index (χ1v) is 8.31. The summed E-state index contributed by atoms with van der Waals surface area (Å²) in [6.45, 7) is 4.71. The third kappa shape index (κ3) is 1.87. The molecule has 5 rings (SSSR count). The summed E-state index contributed by atoms with van der Waals surface area (Å²) in [6.07, 6.45) is 7.69. The second kappa shape index (κ2) is 4.36. The minimum Gasteiger partial charge on any atom is -0.0620 e. The summed E-state index contributed by atoms with van der Waals surface area (Å²) in [7, 11) is 0. The first-order valence-electron chi connectivity index (χ1n) is 8.31. The molecule has 0 atom stereocenters. The van der Waals surface area contributed by atoms with Crippen molar-refractivity contribution in [1.29, 1.82) is 0 Å². The van der Waals surface area contributed by atoms with Crippen LogP contribution in [0.15, 0.2) is 24.3 Å². The standard InChI is InChI=1S/C19H26/c1-12(2)17-5-3-4-6-18(17)19-15-8-13-7-14(10-15)11-16(19)9-13/h3-6,12-16,19H,7-11H2,1-2H3. The van der Waals surface area contributed by atoms with E-state index in [0.717, 1.165) is 29.6 Å². The molecule has 0 aliphatic heterocycles. The molecule has 0 saturated heterocycles. The van der Waals surface area contributed by atoms with Gasteiger partial charge in [0.25, 0.3) is 0 Å². The van der Waals surface area contributed by atoms with Crippen molar-refractivity contribution in [1.82, 2.24) is 0 Å². The highest BCUT2D eigenvalue weighted by Crippen LogP contribution is 2.60. The summed E-state index contributed by atoms with van der Waals surface area (Å²) in [5, 5.41) is 0. The number of hydrogen-bond acceptors (Lipinski definition) is 0. The van der Waals surface area contributed by atoms with Crippen molar-refractivity contribution in [3.05, 3.63) is 35.4 Å². The Morgan fingerprint density at radius 3 is 2.00 bits per heavy atom. The van der Waals surface area contributed by atoms with Gasteiger partial charge in [0, 0.05) is 0 Å². The van der Waals surface area contributed by atoms with Crippen LogP contribution in [0.3, 0.4) is 0 Å². The molecule has 0 nitrogen and oxygen atoms in total. The minimum atomic E-state index is 0.674. The van der Waals surface area contributed by atoms with Gasteiger partial charge in [0.1, 0.15) is 0 Å². The summed E-state index contributed by atoms with van der Waals surface area (Å²) < 4.78 is 0. The lowest BCUT2D eigenvalue weighted by Crippen LogP contribution is -2.44. The van der Waals surface area contributed by atoms with Gasteiger partial charge < -0.3 is 0 Å². The van der Waals surface area contributed by atoms with Crippen molar-refractivity contribution < 1.29 is 0 Å². The monoisotopic (exact) mass is 254 g/mol. The van der Waals surface area contributed by atoms with E-state index in [2.05, 4.69) is 38.1 Å². The average Bonchev–Trinajstić information content (AvgIpc) is 2.37. The molecule has 0 amide bonds. The van der Waals surface area contributed by atoms with E-state index in [4.69, 9.17) is 0 Å². The Hall–Kier alpha value is -0.780. The Balaban J connectivity index is 1.73. The van der Waals surface area contributed by atoms with Crippen LogP contribution in [0.1, 0.15) is 68.9 Å². The van der Waals surface area contributed by atoms with E-state index in [-0.39, 0.29) is 0 Å². The van der Waals surface area contributed by atoms with E-state index in [1.54, 1.807) is 17.5 Å². The second-order valence-corrected chi connectivity index (χ2v) is 7.74. The van der Waals surface area contributed by atoms with Crippen LogP contribution < -0.4 is 0 Å². The minimum absolute atomic E-state index is 0.674. The van der Waals surface area contributed by atoms with Crippen LogP contribution in [-0.4, -0.2) is 0 Å². The van der Waals surface area contributed by atoms with Crippen molar-refractivity contribution in [2.75, 3.05) is 0 Å². The van der Waals surface area contributed by atoms with Gasteiger partial charge in [0.05, 0.1) is 0 Å².